The molecule has 3 N–H and O–H groups in total. The fourth-order valence-corrected chi connectivity index (χ4v) is 1.76. The summed E-state index contributed by atoms with van der Waals surface area (Å²) in [5.74, 6) is -0.511. The summed E-state index contributed by atoms with van der Waals surface area (Å²) >= 11 is 0. The lowest BCUT2D eigenvalue weighted by atomic mass is 10.1. The van der Waals surface area contributed by atoms with Crippen LogP contribution < -0.4 is 5.63 Å². The lowest BCUT2D eigenvalue weighted by Crippen LogP contribution is -2.24. The van der Waals surface area contributed by atoms with E-state index in [-0.39, 0.29) is 13.0 Å². The molecule has 0 aromatic carbocycles. The van der Waals surface area contributed by atoms with Gasteiger partial charge in [-0.2, -0.15) is 0 Å². The summed E-state index contributed by atoms with van der Waals surface area (Å²) in [6.45, 7) is -0.296. The minimum absolute atomic E-state index is 0.243. The Morgan fingerprint density at radius 2 is 2.19 bits per heavy atom. The maximum Gasteiger partial charge on any atom is 0.338 e. The Morgan fingerprint density at radius 3 is 2.75 bits per heavy atom. The summed E-state index contributed by atoms with van der Waals surface area (Å²) in [5, 5.41) is 27.8. The third-order valence-corrected chi connectivity index (χ3v) is 2.59. The lowest BCUT2D eigenvalue weighted by Gasteiger charge is -2.12. The SMILES string of the molecule is O=c1ccc([C@@H]2C[C@@H](O)[C@H](CO)O2)c(O)o1. The van der Waals surface area contributed by atoms with Crippen molar-refractivity contribution in [3.8, 4) is 5.95 Å². The predicted octanol–water partition coefficient (Wildman–Crippen LogP) is -0.471. The molecule has 3 atom stereocenters. The molecule has 1 fully saturated rings. The first-order valence-electron chi connectivity index (χ1n) is 4.89. The molecule has 2 rings (SSSR count). The van der Waals surface area contributed by atoms with Gasteiger partial charge in [0.25, 0.3) is 5.95 Å². The maximum absolute atomic E-state index is 10.8. The Kier molecular flexibility index (Phi) is 2.95. The van der Waals surface area contributed by atoms with Crippen LogP contribution in [0.2, 0.25) is 0 Å². The van der Waals surface area contributed by atoms with E-state index in [9.17, 15) is 15.0 Å². The third kappa shape index (κ3) is 1.95. The van der Waals surface area contributed by atoms with Gasteiger partial charge in [0.1, 0.15) is 6.10 Å². The van der Waals surface area contributed by atoms with Gasteiger partial charge in [-0.15, -0.1) is 0 Å². The first kappa shape index (κ1) is 11.1. The zero-order valence-corrected chi connectivity index (χ0v) is 8.37. The summed E-state index contributed by atoms with van der Waals surface area (Å²) in [5.41, 5.74) is -0.354. The van der Waals surface area contributed by atoms with Crippen molar-refractivity contribution in [1.29, 1.82) is 0 Å². The summed E-state index contributed by atoms with van der Waals surface area (Å²) in [7, 11) is 0. The van der Waals surface area contributed by atoms with Crippen molar-refractivity contribution < 1.29 is 24.5 Å². The van der Waals surface area contributed by atoms with Crippen LogP contribution in [0.3, 0.4) is 0 Å². The molecule has 0 spiro atoms. The quantitative estimate of drug-likeness (QED) is 0.632. The number of hydrogen-bond donors (Lipinski definition) is 3. The van der Waals surface area contributed by atoms with Gasteiger partial charge in [0.05, 0.1) is 24.4 Å². The molecule has 88 valence electrons. The highest BCUT2D eigenvalue weighted by Crippen LogP contribution is 2.36. The van der Waals surface area contributed by atoms with Crippen molar-refractivity contribution in [3.63, 3.8) is 0 Å². The van der Waals surface area contributed by atoms with Gasteiger partial charge in [0, 0.05) is 12.5 Å². The first-order valence-corrected chi connectivity index (χ1v) is 4.89. The second kappa shape index (κ2) is 4.25. The molecule has 0 unspecified atom stereocenters. The predicted molar refractivity (Wildman–Crippen MR) is 52.0 cm³/mol. The first-order chi connectivity index (χ1) is 7.61. The van der Waals surface area contributed by atoms with E-state index in [1.54, 1.807) is 0 Å². The van der Waals surface area contributed by atoms with Crippen LogP contribution in [0.15, 0.2) is 21.3 Å². The van der Waals surface area contributed by atoms with Crippen LogP contribution in [0, 0.1) is 0 Å². The van der Waals surface area contributed by atoms with Gasteiger partial charge in [-0.05, 0) is 6.07 Å². The molecule has 6 heteroatoms. The normalized spacial score (nSPS) is 29.5. The fraction of sp³-hybridized carbons (Fsp3) is 0.500. The minimum atomic E-state index is -0.790. The summed E-state index contributed by atoms with van der Waals surface area (Å²) < 4.78 is 9.81. The maximum atomic E-state index is 10.8. The summed E-state index contributed by atoms with van der Waals surface area (Å²) in [6, 6.07) is 2.55. The molecular weight excluding hydrogens is 216 g/mol. The van der Waals surface area contributed by atoms with Crippen LogP contribution in [-0.2, 0) is 4.74 Å². The molecule has 6 nitrogen and oxygen atoms in total. The summed E-state index contributed by atoms with van der Waals surface area (Å²) in [6.07, 6.45) is -1.79. The molecule has 0 bridgehead atoms. The van der Waals surface area contributed by atoms with Gasteiger partial charge in [0.15, 0.2) is 0 Å². The number of aliphatic hydroxyl groups excluding tert-OH is 2. The van der Waals surface area contributed by atoms with Gasteiger partial charge in [-0.25, -0.2) is 4.79 Å². The van der Waals surface area contributed by atoms with Crippen LogP contribution in [0.5, 0.6) is 5.95 Å². The molecule has 16 heavy (non-hydrogen) atoms. The van der Waals surface area contributed by atoms with Crippen molar-refractivity contribution in [2.75, 3.05) is 6.61 Å². The van der Waals surface area contributed by atoms with Crippen molar-refractivity contribution in [1.82, 2.24) is 0 Å². The van der Waals surface area contributed by atoms with E-state index < -0.39 is 29.9 Å². The van der Waals surface area contributed by atoms with Gasteiger partial charge in [-0.3, -0.25) is 0 Å². The summed E-state index contributed by atoms with van der Waals surface area (Å²) in [4.78, 5) is 10.8. The van der Waals surface area contributed by atoms with Gasteiger partial charge in [0.2, 0.25) is 0 Å². The lowest BCUT2D eigenvalue weighted by molar-refractivity contribution is -0.0238. The second-order valence-electron chi connectivity index (χ2n) is 3.66. The van der Waals surface area contributed by atoms with Gasteiger partial charge >= 0.3 is 5.63 Å². The highest BCUT2D eigenvalue weighted by Gasteiger charge is 2.36. The average Bonchev–Trinajstić information content (AvgIpc) is 2.59. The molecule has 1 aliphatic heterocycles. The van der Waals surface area contributed by atoms with E-state index in [0.717, 1.165) is 6.07 Å². The molecule has 2 heterocycles. The van der Waals surface area contributed by atoms with E-state index in [4.69, 9.17) is 9.84 Å². The topological polar surface area (TPSA) is 100 Å². The Hall–Kier alpha value is -1.37. The Bertz CT molecular complexity index is 426. The zero-order valence-electron chi connectivity index (χ0n) is 8.37. The molecule has 0 amide bonds. The van der Waals surface area contributed by atoms with Crippen molar-refractivity contribution in [2.24, 2.45) is 0 Å². The number of aliphatic hydroxyl groups is 2. The van der Waals surface area contributed by atoms with Crippen molar-refractivity contribution in [3.05, 3.63) is 28.1 Å². The van der Waals surface area contributed by atoms with Crippen LogP contribution >= 0.6 is 0 Å². The van der Waals surface area contributed by atoms with E-state index in [0.29, 0.717) is 5.56 Å². The van der Waals surface area contributed by atoms with Gasteiger partial charge in [-0.1, -0.05) is 0 Å². The zero-order chi connectivity index (χ0) is 11.7. The van der Waals surface area contributed by atoms with Crippen LogP contribution in [0.25, 0.3) is 0 Å². The molecule has 1 aromatic rings. The van der Waals surface area contributed by atoms with E-state index >= 15 is 0 Å². The minimum Gasteiger partial charge on any atom is -0.480 e. The smallest absolute Gasteiger partial charge is 0.338 e. The van der Waals surface area contributed by atoms with Crippen LogP contribution in [-0.4, -0.2) is 34.1 Å². The van der Waals surface area contributed by atoms with Gasteiger partial charge < -0.3 is 24.5 Å². The molecule has 0 aliphatic carbocycles. The third-order valence-electron chi connectivity index (χ3n) is 2.59. The molecule has 1 aromatic heterocycles. The molecule has 1 saturated heterocycles. The molecule has 0 radical (unpaired) electrons. The van der Waals surface area contributed by atoms with Crippen LogP contribution in [0.4, 0.5) is 0 Å². The fourth-order valence-electron chi connectivity index (χ4n) is 1.76. The highest BCUT2D eigenvalue weighted by atomic mass is 16.5. The second-order valence-corrected chi connectivity index (χ2v) is 3.66. The highest BCUT2D eigenvalue weighted by molar-refractivity contribution is 5.24. The van der Waals surface area contributed by atoms with E-state index in [1.807, 2.05) is 0 Å². The van der Waals surface area contributed by atoms with Crippen LogP contribution in [0.1, 0.15) is 18.1 Å². The Morgan fingerprint density at radius 1 is 1.44 bits per heavy atom. The van der Waals surface area contributed by atoms with Crippen molar-refractivity contribution in [2.45, 2.75) is 24.7 Å². The number of hydrogen-bond acceptors (Lipinski definition) is 6. The average molecular weight is 228 g/mol. The van der Waals surface area contributed by atoms with E-state index in [2.05, 4.69) is 4.42 Å². The molecule has 1 aliphatic rings. The number of rotatable bonds is 2. The standard InChI is InChI=1S/C10H12O6/c11-4-8-6(12)3-7(15-8)5-1-2-9(13)16-10(5)14/h1-2,6-8,11-12,14H,3-4H2/t6-,7+,8+/m1/s1. The monoisotopic (exact) mass is 228 g/mol. The van der Waals surface area contributed by atoms with E-state index in [1.165, 1.54) is 6.07 Å². The number of aromatic hydroxyl groups is 1. The molecular formula is C10H12O6. The molecule has 0 saturated carbocycles. The largest absolute Gasteiger partial charge is 0.480 e. The van der Waals surface area contributed by atoms with Crippen molar-refractivity contribution >= 4 is 0 Å². The number of ether oxygens (including phenoxy) is 1. The Labute approximate surface area is 90.7 Å². The Balaban J connectivity index is 2.23.